The number of nitrogens with zero attached hydrogens (tertiary/aromatic N) is 2. The summed E-state index contributed by atoms with van der Waals surface area (Å²) in [7, 11) is 3.50. The molecule has 6 heteroatoms. The normalized spacial score (nSPS) is 18.2. The van der Waals surface area contributed by atoms with E-state index >= 15 is 0 Å². The molecule has 0 atom stereocenters. The predicted octanol–water partition coefficient (Wildman–Crippen LogP) is 1.32. The van der Waals surface area contributed by atoms with Gasteiger partial charge in [-0.25, -0.2) is 0 Å². The van der Waals surface area contributed by atoms with Gasteiger partial charge in [0.05, 0.1) is 18.8 Å². The largest absolute Gasteiger partial charge is 0.383 e. The highest BCUT2D eigenvalue weighted by molar-refractivity contribution is 5.79. The van der Waals surface area contributed by atoms with Crippen molar-refractivity contribution >= 4 is 5.96 Å². The van der Waals surface area contributed by atoms with E-state index in [9.17, 15) is 0 Å². The van der Waals surface area contributed by atoms with E-state index < -0.39 is 0 Å². The molecule has 23 heavy (non-hydrogen) atoms. The summed E-state index contributed by atoms with van der Waals surface area (Å²) in [5.74, 6) is 1.60. The maximum Gasteiger partial charge on any atom is 0.191 e. The van der Waals surface area contributed by atoms with Crippen LogP contribution in [0, 0.1) is 5.92 Å². The van der Waals surface area contributed by atoms with E-state index in [0.717, 1.165) is 32.2 Å². The fourth-order valence-electron chi connectivity index (χ4n) is 2.55. The minimum atomic E-state index is -0.227. The van der Waals surface area contributed by atoms with E-state index in [4.69, 9.17) is 9.47 Å². The quantitative estimate of drug-likeness (QED) is 0.494. The number of likely N-dealkylation sites (tertiary alicyclic amines) is 1. The van der Waals surface area contributed by atoms with Gasteiger partial charge in [-0.05, 0) is 52.6 Å². The molecule has 1 saturated heterocycles. The number of piperidine rings is 1. The zero-order chi connectivity index (χ0) is 17.1. The molecule has 136 valence electrons. The standard InChI is InChI=1S/C17H36N4O2/c1-6-18-16(20-14-17(2,3)23-5)19-13-15-7-9-21(10-8-15)11-12-22-4/h15H,6-14H2,1-5H3,(H2,18,19,20). The number of rotatable bonds is 9. The second kappa shape index (κ2) is 10.8. The van der Waals surface area contributed by atoms with Gasteiger partial charge in [-0.2, -0.15) is 0 Å². The van der Waals surface area contributed by atoms with Gasteiger partial charge in [0.25, 0.3) is 0 Å². The summed E-state index contributed by atoms with van der Waals surface area (Å²) in [6.07, 6.45) is 2.47. The second-order valence-corrected chi connectivity index (χ2v) is 6.82. The Kier molecular flexibility index (Phi) is 9.52. The highest BCUT2D eigenvalue weighted by Crippen LogP contribution is 2.16. The van der Waals surface area contributed by atoms with E-state index in [0.29, 0.717) is 12.5 Å². The first kappa shape index (κ1) is 20.2. The number of guanidine groups is 1. The third-order valence-corrected chi connectivity index (χ3v) is 4.39. The summed E-state index contributed by atoms with van der Waals surface area (Å²) >= 11 is 0. The number of hydrogen-bond acceptors (Lipinski definition) is 4. The maximum atomic E-state index is 5.43. The molecule has 1 rings (SSSR count). The van der Waals surface area contributed by atoms with Crippen LogP contribution in [0.4, 0.5) is 0 Å². The second-order valence-electron chi connectivity index (χ2n) is 6.82. The van der Waals surface area contributed by atoms with Gasteiger partial charge in [0.15, 0.2) is 5.96 Å². The Balaban J connectivity index is 2.34. The lowest BCUT2D eigenvalue weighted by atomic mass is 9.97. The molecule has 1 heterocycles. The van der Waals surface area contributed by atoms with Crippen molar-refractivity contribution in [3.63, 3.8) is 0 Å². The molecular weight excluding hydrogens is 292 g/mol. The van der Waals surface area contributed by atoms with Gasteiger partial charge >= 0.3 is 0 Å². The topological polar surface area (TPSA) is 58.1 Å². The van der Waals surface area contributed by atoms with Crippen LogP contribution in [0.25, 0.3) is 0 Å². The third-order valence-electron chi connectivity index (χ3n) is 4.39. The lowest BCUT2D eigenvalue weighted by molar-refractivity contribution is 0.0310. The van der Waals surface area contributed by atoms with Crippen molar-refractivity contribution in [1.82, 2.24) is 15.5 Å². The van der Waals surface area contributed by atoms with Crippen LogP contribution in [0.2, 0.25) is 0 Å². The maximum absolute atomic E-state index is 5.43. The number of ether oxygens (including phenoxy) is 2. The van der Waals surface area contributed by atoms with Crippen LogP contribution in [0.15, 0.2) is 4.99 Å². The third kappa shape index (κ3) is 8.53. The van der Waals surface area contributed by atoms with Gasteiger partial charge < -0.3 is 25.0 Å². The minimum absolute atomic E-state index is 0.227. The highest BCUT2D eigenvalue weighted by atomic mass is 16.5. The van der Waals surface area contributed by atoms with Gasteiger partial charge in [0.1, 0.15) is 0 Å². The fraction of sp³-hybridized carbons (Fsp3) is 0.941. The molecule has 0 aliphatic carbocycles. The monoisotopic (exact) mass is 328 g/mol. The molecule has 6 nitrogen and oxygen atoms in total. The molecule has 0 aromatic rings. The van der Waals surface area contributed by atoms with Crippen molar-refractivity contribution in [2.45, 2.75) is 39.2 Å². The van der Waals surface area contributed by atoms with Gasteiger partial charge in [-0.15, -0.1) is 0 Å². The molecule has 0 unspecified atom stereocenters. The number of aliphatic imine (C=N–C) groups is 1. The van der Waals surface area contributed by atoms with Crippen LogP contribution < -0.4 is 10.6 Å². The van der Waals surface area contributed by atoms with Crippen molar-refractivity contribution < 1.29 is 9.47 Å². The molecule has 0 aromatic carbocycles. The first-order chi connectivity index (χ1) is 11.0. The Morgan fingerprint density at radius 3 is 2.48 bits per heavy atom. The van der Waals surface area contributed by atoms with Crippen LogP contribution in [0.3, 0.4) is 0 Å². The number of methoxy groups -OCH3 is 2. The molecule has 1 fully saturated rings. The summed E-state index contributed by atoms with van der Waals surface area (Å²) in [6, 6.07) is 0. The van der Waals surface area contributed by atoms with E-state index in [1.165, 1.54) is 25.9 Å². The Bertz CT molecular complexity index is 339. The molecule has 0 radical (unpaired) electrons. The van der Waals surface area contributed by atoms with Crippen LogP contribution in [0.1, 0.15) is 33.6 Å². The smallest absolute Gasteiger partial charge is 0.191 e. The lowest BCUT2D eigenvalue weighted by Gasteiger charge is -2.32. The van der Waals surface area contributed by atoms with Crippen LogP contribution in [-0.2, 0) is 9.47 Å². The Morgan fingerprint density at radius 1 is 1.22 bits per heavy atom. The average Bonchev–Trinajstić information content (AvgIpc) is 2.56. The first-order valence-corrected chi connectivity index (χ1v) is 8.79. The summed E-state index contributed by atoms with van der Waals surface area (Å²) in [4.78, 5) is 7.12. The molecule has 2 N–H and O–H groups in total. The van der Waals surface area contributed by atoms with E-state index in [2.05, 4.69) is 41.3 Å². The Morgan fingerprint density at radius 2 is 1.91 bits per heavy atom. The van der Waals surface area contributed by atoms with Crippen LogP contribution >= 0.6 is 0 Å². The predicted molar refractivity (Wildman–Crippen MR) is 96.1 cm³/mol. The Labute approximate surface area is 142 Å². The van der Waals surface area contributed by atoms with Crippen molar-refractivity contribution in [3.8, 4) is 0 Å². The lowest BCUT2D eigenvalue weighted by Crippen LogP contribution is -2.44. The summed E-state index contributed by atoms with van der Waals surface area (Å²) in [5.41, 5.74) is -0.227. The molecule has 1 aliphatic rings. The van der Waals surface area contributed by atoms with Gasteiger partial charge in [0, 0.05) is 33.9 Å². The molecule has 0 spiro atoms. The minimum Gasteiger partial charge on any atom is -0.383 e. The van der Waals surface area contributed by atoms with Crippen molar-refractivity contribution in [2.75, 3.05) is 60.1 Å². The van der Waals surface area contributed by atoms with E-state index in [1.807, 2.05) is 0 Å². The van der Waals surface area contributed by atoms with Crippen molar-refractivity contribution in [3.05, 3.63) is 0 Å². The molecule has 0 bridgehead atoms. The molecular formula is C17H36N4O2. The van der Waals surface area contributed by atoms with Gasteiger partial charge in [-0.3, -0.25) is 4.99 Å². The van der Waals surface area contributed by atoms with Gasteiger partial charge in [0.2, 0.25) is 0 Å². The van der Waals surface area contributed by atoms with Crippen molar-refractivity contribution in [1.29, 1.82) is 0 Å². The number of nitrogens with one attached hydrogen (secondary N) is 2. The fourth-order valence-corrected chi connectivity index (χ4v) is 2.55. The van der Waals surface area contributed by atoms with Gasteiger partial charge in [-0.1, -0.05) is 0 Å². The van der Waals surface area contributed by atoms with Crippen LogP contribution in [-0.4, -0.2) is 76.6 Å². The molecule has 0 amide bonds. The van der Waals surface area contributed by atoms with E-state index in [1.54, 1.807) is 14.2 Å². The summed E-state index contributed by atoms with van der Waals surface area (Å²) < 4.78 is 10.6. The van der Waals surface area contributed by atoms with E-state index in [-0.39, 0.29) is 5.60 Å². The molecule has 1 aliphatic heterocycles. The summed E-state index contributed by atoms with van der Waals surface area (Å²) in [5, 5.41) is 6.80. The SMILES string of the molecule is CCNC(=NCC(C)(C)OC)NCC1CCN(CCOC)CC1. The average molecular weight is 329 g/mol. The first-order valence-electron chi connectivity index (χ1n) is 8.79. The van der Waals surface area contributed by atoms with Crippen LogP contribution in [0.5, 0.6) is 0 Å². The highest BCUT2D eigenvalue weighted by Gasteiger charge is 2.19. The zero-order valence-corrected chi connectivity index (χ0v) is 15.7. The molecule has 0 aromatic heterocycles. The van der Waals surface area contributed by atoms with Crippen molar-refractivity contribution in [2.24, 2.45) is 10.9 Å². The Hall–Kier alpha value is -0.850. The zero-order valence-electron chi connectivity index (χ0n) is 15.7. The molecule has 0 saturated carbocycles. The summed E-state index contributed by atoms with van der Waals surface area (Å²) in [6.45, 7) is 12.9. The number of hydrogen-bond donors (Lipinski definition) is 2.